The summed E-state index contributed by atoms with van der Waals surface area (Å²) in [7, 11) is 0. The van der Waals surface area contributed by atoms with E-state index < -0.39 is 0 Å². The predicted molar refractivity (Wildman–Crippen MR) is 111 cm³/mol. The summed E-state index contributed by atoms with van der Waals surface area (Å²) < 4.78 is 0. The van der Waals surface area contributed by atoms with Gasteiger partial charge in [-0.1, -0.05) is 41.9 Å². The number of nitrogens with one attached hydrogen (secondary N) is 2. The molecule has 0 aliphatic heterocycles. The first-order valence-electron chi connectivity index (χ1n) is 8.52. The summed E-state index contributed by atoms with van der Waals surface area (Å²) in [4.78, 5) is 15.6. The summed E-state index contributed by atoms with van der Waals surface area (Å²) in [5.41, 5.74) is 10.3. The van der Waals surface area contributed by atoms with Crippen LogP contribution < -0.4 is 11.3 Å². The number of aromatic amines is 2. The van der Waals surface area contributed by atoms with Gasteiger partial charge in [-0.3, -0.25) is 9.89 Å². The second-order valence-electron chi connectivity index (χ2n) is 6.66. The molecule has 5 aromatic rings. The van der Waals surface area contributed by atoms with E-state index in [4.69, 9.17) is 17.3 Å². The quantitative estimate of drug-likeness (QED) is 0.369. The van der Waals surface area contributed by atoms with E-state index in [9.17, 15) is 4.79 Å². The number of anilines is 1. The van der Waals surface area contributed by atoms with Crippen molar-refractivity contribution in [2.75, 3.05) is 5.73 Å². The van der Waals surface area contributed by atoms with Crippen LogP contribution in [0.2, 0.25) is 5.02 Å². The van der Waals surface area contributed by atoms with Gasteiger partial charge in [0.1, 0.15) is 5.69 Å². The number of rotatable bonds is 1. The largest absolute Gasteiger partial charge is 0.394 e. The van der Waals surface area contributed by atoms with Gasteiger partial charge in [0.15, 0.2) is 0 Å². The van der Waals surface area contributed by atoms with Crippen LogP contribution in [0.3, 0.4) is 0 Å². The van der Waals surface area contributed by atoms with Gasteiger partial charge >= 0.3 is 0 Å². The molecule has 2 heterocycles. The maximum absolute atomic E-state index is 12.7. The van der Waals surface area contributed by atoms with Crippen molar-refractivity contribution in [2.45, 2.75) is 6.92 Å². The SMILES string of the molecule is Cc1cc2c(-c3ccc(Cl)c4[nH]ncc34)c(N)c(=O)[nH]c2c2ccccc12. The minimum atomic E-state index is -0.307. The number of nitrogens with two attached hydrogens (primary N) is 1. The minimum Gasteiger partial charge on any atom is -0.394 e. The lowest BCUT2D eigenvalue weighted by molar-refractivity contribution is 1.12. The van der Waals surface area contributed by atoms with Crippen molar-refractivity contribution in [3.05, 3.63) is 69.6 Å². The fourth-order valence-electron chi connectivity index (χ4n) is 3.84. The molecule has 3 aromatic carbocycles. The third-order valence-electron chi connectivity index (χ3n) is 5.11. The highest BCUT2D eigenvalue weighted by Gasteiger charge is 2.18. The molecule has 4 N–H and O–H groups in total. The molecule has 6 heteroatoms. The first-order chi connectivity index (χ1) is 13.1. The number of halogens is 1. The average Bonchev–Trinajstić information content (AvgIpc) is 3.16. The van der Waals surface area contributed by atoms with E-state index in [1.165, 1.54) is 0 Å². The van der Waals surface area contributed by atoms with Crippen LogP contribution in [0.5, 0.6) is 0 Å². The van der Waals surface area contributed by atoms with Crippen molar-refractivity contribution in [3.63, 3.8) is 0 Å². The van der Waals surface area contributed by atoms with Gasteiger partial charge in [-0.05, 0) is 35.6 Å². The van der Waals surface area contributed by atoms with E-state index in [0.717, 1.165) is 43.7 Å². The number of fused-ring (bicyclic) bond motifs is 4. The monoisotopic (exact) mass is 374 g/mol. The Morgan fingerprint density at radius 2 is 1.78 bits per heavy atom. The zero-order valence-corrected chi connectivity index (χ0v) is 15.2. The van der Waals surface area contributed by atoms with Gasteiger partial charge in [0.25, 0.3) is 5.56 Å². The van der Waals surface area contributed by atoms with Gasteiger partial charge in [0.2, 0.25) is 0 Å². The first kappa shape index (κ1) is 15.9. The second-order valence-corrected chi connectivity index (χ2v) is 7.07. The molecule has 0 saturated carbocycles. The molecular formula is C21H15ClN4O. The molecule has 0 amide bonds. The number of aryl methyl sites for hydroxylation is 1. The van der Waals surface area contributed by atoms with Crippen LogP contribution in [0, 0.1) is 6.92 Å². The minimum absolute atomic E-state index is 0.182. The van der Waals surface area contributed by atoms with Crippen LogP contribution in [0.4, 0.5) is 5.69 Å². The number of benzene rings is 3. The van der Waals surface area contributed by atoms with Crippen LogP contribution in [0.25, 0.3) is 43.7 Å². The van der Waals surface area contributed by atoms with Crippen molar-refractivity contribution in [2.24, 2.45) is 0 Å². The summed E-state index contributed by atoms with van der Waals surface area (Å²) in [5.74, 6) is 0. The lowest BCUT2D eigenvalue weighted by Crippen LogP contribution is -2.13. The van der Waals surface area contributed by atoms with Crippen molar-refractivity contribution < 1.29 is 0 Å². The molecule has 5 rings (SSSR count). The molecular weight excluding hydrogens is 360 g/mol. The summed E-state index contributed by atoms with van der Waals surface area (Å²) in [6.45, 7) is 2.06. The molecule has 0 atom stereocenters. The fourth-order valence-corrected chi connectivity index (χ4v) is 4.05. The van der Waals surface area contributed by atoms with Gasteiger partial charge in [0.05, 0.1) is 22.3 Å². The topological polar surface area (TPSA) is 87.6 Å². The Labute approximate surface area is 158 Å². The van der Waals surface area contributed by atoms with E-state index in [1.807, 2.05) is 24.3 Å². The Hall–Kier alpha value is -3.31. The second kappa shape index (κ2) is 5.59. The lowest BCUT2D eigenvalue weighted by atomic mass is 9.93. The molecule has 5 nitrogen and oxygen atoms in total. The number of H-pyrrole nitrogens is 2. The van der Waals surface area contributed by atoms with Crippen molar-refractivity contribution in [1.82, 2.24) is 15.2 Å². The lowest BCUT2D eigenvalue weighted by Gasteiger charge is -2.14. The van der Waals surface area contributed by atoms with Crippen LogP contribution in [-0.4, -0.2) is 15.2 Å². The number of hydrogen-bond donors (Lipinski definition) is 3. The summed E-state index contributed by atoms with van der Waals surface area (Å²) in [5, 5.41) is 11.4. The molecule has 0 saturated heterocycles. The Morgan fingerprint density at radius 3 is 2.59 bits per heavy atom. The summed E-state index contributed by atoms with van der Waals surface area (Å²) in [6.07, 6.45) is 1.71. The number of nitrogen functional groups attached to an aromatic ring is 1. The van der Waals surface area contributed by atoms with Gasteiger partial charge in [-0.2, -0.15) is 5.10 Å². The highest BCUT2D eigenvalue weighted by molar-refractivity contribution is 6.35. The Bertz CT molecular complexity index is 1430. The summed E-state index contributed by atoms with van der Waals surface area (Å²) >= 11 is 6.28. The third kappa shape index (κ3) is 2.18. The van der Waals surface area contributed by atoms with Crippen molar-refractivity contribution >= 4 is 49.9 Å². The van der Waals surface area contributed by atoms with E-state index in [-0.39, 0.29) is 11.2 Å². The molecule has 2 aromatic heterocycles. The zero-order valence-electron chi connectivity index (χ0n) is 14.4. The van der Waals surface area contributed by atoms with Crippen molar-refractivity contribution in [3.8, 4) is 11.1 Å². The third-order valence-corrected chi connectivity index (χ3v) is 5.42. The molecule has 0 aliphatic carbocycles. The molecule has 132 valence electrons. The molecule has 0 bridgehead atoms. The predicted octanol–water partition coefficient (Wildman–Crippen LogP) is 4.77. The average molecular weight is 375 g/mol. The highest BCUT2D eigenvalue weighted by atomic mass is 35.5. The van der Waals surface area contributed by atoms with Crippen LogP contribution in [0.15, 0.2) is 53.5 Å². The number of aromatic nitrogens is 3. The summed E-state index contributed by atoms with van der Waals surface area (Å²) in [6, 6.07) is 13.8. The van der Waals surface area contributed by atoms with Gasteiger partial charge in [-0.15, -0.1) is 0 Å². The molecule has 27 heavy (non-hydrogen) atoms. The fraction of sp³-hybridized carbons (Fsp3) is 0.0476. The van der Waals surface area contributed by atoms with Crippen LogP contribution in [0.1, 0.15) is 5.56 Å². The van der Waals surface area contributed by atoms with Crippen LogP contribution in [-0.2, 0) is 0 Å². The van der Waals surface area contributed by atoms with Gasteiger partial charge in [-0.25, -0.2) is 0 Å². The smallest absolute Gasteiger partial charge is 0.272 e. The van der Waals surface area contributed by atoms with Crippen LogP contribution >= 0.6 is 11.6 Å². The van der Waals surface area contributed by atoms with Gasteiger partial charge < -0.3 is 10.7 Å². The Balaban J connectivity index is 2.03. The first-order valence-corrected chi connectivity index (χ1v) is 8.90. The maximum Gasteiger partial charge on any atom is 0.272 e. The maximum atomic E-state index is 12.7. The molecule has 0 fully saturated rings. The zero-order chi connectivity index (χ0) is 18.7. The molecule has 0 aliphatic rings. The standard InChI is InChI=1S/C21H15ClN4O/c1-10-8-14-17(12-6-7-16(22)20-15(12)9-24-26-20)18(23)21(27)25-19(14)13-5-3-2-4-11(10)13/h2-9H,23H2,1H3,(H,24,26)(H,25,27). The molecule has 0 spiro atoms. The van der Waals surface area contributed by atoms with Gasteiger partial charge in [0, 0.05) is 21.7 Å². The Kier molecular flexibility index (Phi) is 3.29. The van der Waals surface area contributed by atoms with Crippen molar-refractivity contribution in [1.29, 1.82) is 0 Å². The highest BCUT2D eigenvalue weighted by Crippen LogP contribution is 2.39. The number of pyridine rings is 1. The van der Waals surface area contributed by atoms with E-state index in [2.05, 4.69) is 34.2 Å². The van der Waals surface area contributed by atoms with E-state index in [0.29, 0.717) is 10.6 Å². The number of hydrogen-bond acceptors (Lipinski definition) is 3. The number of nitrogens with zero attached hydrogens (tertiary/aromatic N) is 1. The Morgan fingerprint density at radius 1 is 1.00 bits per heavy atom. The van der Waals surface area contributed by atoms with E-state index >= 15 is 0 Å². The normalized spacial score (nSPS) is 11.6. The van der Waals surface area contributed by atoms with E-state index in [1.54, 1.807) is 12.3 Å². The molecule has 0 unspecified atom stereocenters. The molecule has 0 radical (unpaired) electrons.